The van der Waals surface area contributed by atoms with E-state index in [4.69, 9.17) is 19.3 Å². The second-order valence-corrected chi connectivity index (χ2v) is 7.99. The molecule has 24 heavy (non-hydrogen) atoms. The van der Waals surface area contributed by atoms with E-state index >= 15 is 0 Å². The van der Waals surface area contributed by atoms with Gasteiger partial charge < -0.3 is 10.2 Å². The van der Waals surface area contributed by atoms with E-state index in [2.05, 4.69) is 0 Å². The molecular weight excluding hydrogens is 368 g/mol. The summed E-state index contributed by atoms with van der Waals surface area (Å²) in [6, 6.07) is 1.83. The highest BCUT2D eigenvalue weighted by Crippen LogP contribution is 2.20. The van der Waals surface area contributed by atoms with Gasteiger partial charge >= 0.3 is 11.9 Å². The molecule has 0 aromatic heterocycles. The molecule has 0 aliphatic rings. The Balaban J connectivity index is 3.38. The van der Waals surface area contributed by atoms with Crippen LogP contribution in [0.25, 0.3) is 0 Å². The molecular formula is C12H14O10S2. The molecule has 10 nitrogen and oxygen atoms in total. The zero-order chi connectivity index (χ0) is 18.7. The van der Waals surface area contributed by atoms with Crippen LogP contribution in [0.15, 0.2) is 12.1 Å². The standard InChI is InChI=1S/C12H14O10S2/c13-11(14)9-6-8(2-4-24(20,21)22)10(12(15)16)5-7(9)1-3-23(17,18)19/h5-6H,1-4H2,(H,13,14)(H,15,16)(H,17,18,19)(H,20,21,22). The van der Waals surface area contributed by atoms with E-state index in [1.807, 2.05) is 0 Å². The van der Waals surface area contributed by atoms with Crippen molar-refractivity contribution in [3.05, 3.63) is 34.4 Å². The fourth-order valence-corrected chi connectivity index (χ4v) is 2.93. The largest absolute Gasteiger partial charge is 0.478 e. The van der Waals surface area contributed by atoms with Gasteiger partial charge in [-0.15, -0.1) is 0 Å². The molecule has 0 bridgehead atoms. The lowest BCUT2D eigenvalue weighted by Crippen LogP contribution is -2.15. The summed E-state index contributed by atoms with van der Waals surface area (Å²) < 4.78 is 60.6. The lowest BCUT2D eigenvalue weighted by atomic mass is 9.95. The molecule has 0 heterocycles. The maximum atomic E-state index is 11.3. The molecule has 0 spiro atoms. The molecule has 0 saturated carbocycles. The van der Waals surface area contributed by atoms with Gasteiger partial charge in [-0.3, -0.25) is 9.11 Å². The molecule has 12 heteroatoms. The fourth-order valence-electron chi connectivity index (χ4n) is 1.98. The van der Waals surface area contributed by atoms with Crippen molar-refractivity contribution in [2.24, 2.45) is 0 Å². The van der Waals surface area contributed by atoms with E-state index in [-0.39, 0.29) is 11.1 Å². The van der Waals surface area contributed by atoms with Crippen LogP contribution in [0.3, 0.4) is 0 Å². The lowest BCUT2D eigenvalue weighted by Gasteiger charge is -2.12. The number of aromatic carboxylic acids is 2. The minimum atomic E-state index is -4.39. The number of carbonyl (C=O) groups is 2. The first-order chi connectivity index (χ1) is 10.8. The van der Waals surface area contributed by atoms with Crippen molar-refractivity contribution >= 4 is 32.2 Å². The molecule has 4 N–H and O–H groups in total. The van der Waals surface area contributed by atoms with Crippen molar-refractivity contribution in [1.82, 2.24) is 0 Å². The fraction of sp³-hybridized carbons (Fsp3) is 0.333. The minimum Gasteiger partial charge on any atom is -0.478 e. The summed E-state index contributed by atoms with van der Waals surface area (Å²) in [5.74, 6) is -4.58. The molecule has 0 amide bonds. The number of rotatable bonds is 8. The van der Waals surface area contributed by atoms with Gasteiger partial charge in [0, 0.05) is 0 Å². The number of hydrogen-bond acceptors (Lipinski definition) is 6. The van der Waals surface area contributed by atoms with Gasteiger partial charge in [0.15, 0.2) is 0 Å². The van der Waals surface area contributed by atoms with E-state index in [9.17, 15) is 26.4 Å². The normalized spacial score (nSPS) is 12.1. The number of carboxylic acid groups (broad SMARTS) is 2. The van der Waals surface area contributed by atoms with Crippen LogP contribution in [0.5, 0.6) is 0 Å². The maximum absolute atomic E-state index is 11.3. The Kier molecular flexibility index (Phi) is 6.05. The lowest BCUT2D eigenvalue weighted by molar-refractivity contribution is 0.0679. The molecule has 0 aliphatic carbocycles. The van der Waals surface area contributed by atoms with E-state index in [1.165, 1.54) is 0 Å². The topological polar surface area (TPSA) is 183 Å². The molecule has 0 saturated heterocycles. The van der Waals surface area contributed by atoms with Crippen molar-refractivity contribution in [2.45, 2.75) is 12.8 Å². The molecule has 0 atom stereocenters. The third kappa shape index (κ3) is 6.23. The van der Waals surface area contributed by atoms with Crippen LogP contribution in [0.1, 0.15) is 31.8 Å². The van der Waals surface area contributed by atoms with Crippen molar-refractivity contribution in [3.8, 4) is 0 Å². The summed E-state index contributed by atoms with van der Waals surface area (Å²) in [6.45, 7) is 0. The summed E-state index contributed by atoms with van der Waals surface area (Å²) in [5.41, 5.74) is -1.13. The van der Waals surface area contributed by atoms with Crippen LogP contribution < -0.4 is 0 Å². The molecule has 0 fully saturated rings. The molecule has 0 aliphatic heterocycles. The predicted molar refractivity (Wildman–Crippen MR) is 80.6 cm³/mol. The van der Waals surface area contributed by atoms with Crippen LogP contribution in [0, 0.1) is 0 Å². The Morgan fingerprint density at radius 3 is 1.25 bits per heavy atom. The number of aryl methyl sites for hydroxylation is 2. The Morgan fingerprint density at radius 2 is 1.04 bits per heavy atom. The smallest absolute Gasteiger partial charge is 0.335 e. The monoisotopic (exact) mass is 382 g/mol. The van der Waals surface area contributed by atoms with Crippen LogP contribution in [0.2, 0.25) is 0 Å². The zero-order valence-electron chi connectivity index (χ0n) is 12.0. The highest BCUT2D eigenvalue weighted by molar-refractivity contribution is 7.86. The first-order valence-electron chi connectivity index (χ1n) is 6.33. The van der Waals surface area contributed by atoms with E-state index in [0.717, 1.165) is 12.1 Å². The second kappa shape index (κ2) is 7.25. The van der Waals surface area contributed by atoms with Crippen molar-refractivity contribution < 1.29 is 45.7 Å². The van der Waals surface area contributed by atoms with E-state index in [0.29, 0.717) is 0 Å². The van der Waals surface area contributed by atoms with Gasteiger partial charge in [0.05, 0.1) is 22.6 Å². The predicted octanol–water partition coefficient (Wildman–Crippen LogP) is -0.0564. The Labute approximate surface area is 137 Å². The van der Waals surface area contributed by atoms with Gasteiger partial charge in [-0.25, -0.2) is 9.59 Å². The van der Waals surface area contributed by atoms with Gasteiger partial charge in [0.2, 0.25) is 0 Å². The Hall–Kier alpha value is -2.02. The summed E-state index contributed by atoms with van der Waals surface area (Å²) in [4.78, 5) is 22.5. The molecule has 1 aromatic rings. The number of benzene rings is 1. The third-order valence-corrected chi connectivity index (χ3v) is 4.49. The average molecular weight is 382 g/mol. The highest BCUT2D eigenvalue weighted by atomic mass is 32.2. The van der Waals surface area contributed by atoms with Crippen LogP contribution in [-0.2, 0) is 33.1 Å². The summed E-state index contributed by atoms with van der Waals surface area (Å²) in [6.07, 6.45) is -0.890. The first kappa shape index (κ1) is 20.0. The van der Waals surface area contributed by atoms with Crippen molar-refractivity contribution in [1.29, 1.82) is 0 Å². The summed E-state index contributed by atoms with van der Waals surface area (Å²) in [5, 5.41) is 18.3. The van der Waals surface area contributed by atoms with E-state index in [1.54, 1.807) is 0 Å². The van der Waals surface area contributed by atoms with Crippen molar-refractivity contribution in [2.75, 3.05) is 11.5 Å². The van der Waals surface area contributed by atoms with Crippen molar-refractivity contribution in [3.63, 3.8) is 0 Å². The summed E-state index contributed by atoms with van der Waals surface area (Å²) in [7, 11) is -8.78. The second-order valence-electron chi connectivity index (χ2n) is 4.85. The first-order valence-corrected chi connectivity index (χ1v) is 9.54. The Morgan fingerprint density at radius 1 is 0.750 bits per heavy atom. The third-order valence-electron chi connectivity index (χ3n) is 3.05. The number of hydrogen-bond donors (Lipinski definition) is 4. The maximum Gasteiger partial charge on any atom is 0.335 e. The van der Waals surface area contributed by atoms with Crippen LogP contribution >= 0.6 is 0 Å². The molecule has 1 aromatic carbocycles. The van der Waals surface area contributed by atoms with Crippen LogP contribution in [-0.4, -0.2) is 59.6 Å². The van der Waals surface area contributed by atoms with Gasteiger partial charge in [-0.1, -0.05) is 0 Å². The van der Waals surface area contributed by atoms with Gasteiger partial charge in [-0.2, -0.15) is 16.8 Å². The van der Waals surface area contributed by atoms with E-state index < -0.39 is 67.6 Å². The SMILES string of the molecule is O=C(O)c1cc(CCS(=O)(=O)O)c(C(=O)O)cc1CCS(=O)(=O)O. The molecule has 0 unspecified atom stereocenters. The summed E-state index contributed by atoms with van der Waals surface area (Å²) >= 11 is 0. The molecule has 134 valence electrons. The minimum absolute atomic E-state index is 0.145. The quantitative estimate of drug-likeness (QED) is 0.444. The highest BCUT2D eigenvalue weighted by Gasteiger charge is 2.20. The molecule has 1 rings (SSSR count). The van der Waals surface area contributed by atoms with Gasteiger partial charge in [0.1, 0.15) is 0 Å². The number of carboxylic acids is 2. The van der Waals surface area contributed by atoms with Crippen LogP contribution in [0.4, 0.5) is 0 Å². The Bertz CT molecular complexity index is 794. The van der Waals surface area contributed by atoms with Gasteiger partial charge in [-0.05, 0) is 36.1 Å². The molecule has 0 radical (unpaired) electrons. The average Bonchev–Trinajstić information content (AvgIpc) is 2.40. The van der Waals surface area contributed by atoms with Gasteiger partial charge in [0.25, 0.3) is 20.2 Å². The zero-order valence-corrected chi connectivity index (χ0v) is 13.7.